The fourth-order valence-corrected chi connectivity index (χ4v) is 4.89. The van der Waals surface area contributed by atoms with Gasteiger partial charge in [0.2, 0.25) is 0 Å². The third-order valence-corrected chi connectivity index (χ3v) is 6.07. The standard InChI is InChI=1S/C12H21N3O2S2/c1-2-4-13-12(18)15-7-5-14(6-8-15)11-3-9-19(16,17)10-11/h2,11H,1,3-10H2,(H,13,18)/p+1/t11-/m1/s1. The summed E-state index contributed by atoms with van der Waals surface area (Å²) in [6.45, 7) is 8.07. The summed E-state index contributed by atoms with van der Waals surface area (Å²) >= 11 is 5.31. The largest absolute Gasteiger partial charge is 0.359 e. The van der Waals surface area contributed by atoms with Crippen LogP contribution in [0.15, 0.2) is 12.7 Å². The first-order valence-corrected chi connectivity index (χ1v) is 8.93. The molecule has 0 aromatic rings. The molecule has 0 unspecified atom stereocenters. The van der Waals surface area contributed by atoms with E-state index in [9.17, 15) is 8.42 Å². The number of hydrogen-bond donors (Lipinski definition) is 2. The number of sulfone groups is 1. The Morgan fingerprint density at radius 3 is 2.68 bits per heavy atom. The molecule has 108 valence electrons. The predicted octanol–water partition coefficient (Wildman–Crippen LogP) is -1.57. The molecule has 2 fully saturated rings. The summed E-state index contributed by atoms with van der Waals surface area (Å²) in [5, 5.41) is 3.91. The minimum absolute atomic E-state index is 0.293. The minimum Gasteiger partial charge on any atom is -0.359 e. The normalized spacial score (nSPS) is 27.2. The van der Waals surface area contributed by atoms with Crippen molar-refractivity contribution in [3.05, 3.63) is 12.7 Å². The van der Waals surface area contributed by atoms with Crippen molar-refractivity contribution in [3.8, 4) is 0 Å². The van der Waals surface area contributed by atoms with E-state index >= 15 is 0 Å². The summed E-state index contributed by atoms with van der Waals surface area (Å²) in [5.74, 6) is 0.728. The van der Waals surface area contributed by atoms with Gasteiger partial charge in [0, 0.05) is 13.0 Å². The summed E-state index contributed by atoms with van der Waals surface area (Å²) in [7, 11) is -2.77. The van der Waals surface area contributed by atoms with Crippen molar-refractivity contribution in [2.24, 2.45) is 0 Å². The fraction of sp³-hybridized carbons (Fsp3) is 0.750. The van der Waals surface area contributed by atoms with Gasteiger partial charge in [0.1, 0.15) is 11.8 Å². The van der Waals surface area contributed by atoms with Crippen LogP contribution in [0.2, 0.25) is 0 Å². The molecule has 0 aliphatic carbocycles. The van der Waals surface area contributed by atoms with Gasteiger partial charge >= 0.3 is 0 Å². The smallest absolute Gasteiger partial charge is 0.169 e. The van der Waals surface area contributed by atoms with Crippen LogP contribution in [0.5, 0.6) is 0 Å². The topological polar surface area (TPSA) is 53.9 Å². The molecule has 5 nitrogen and oxygen atoms in total. The molecule has 7 heteroatoms. The Kier molecular flexibility index (Phi) is 4.81. The van der Waals surface area contributed by atoms with Gasteiger partial charge in [0.25, 0.3) is 0 Å². The van der Waals surface area contributed by atoms with Crippen LogP contribution < -0.4 is 10.2 Å². The maximum Gasteiger partial charge on any atom is 0.169 e. The predicted molar refractivity (Wildman–Crippen MR) is 80.1 cm³/mol. The lowest BCUT2D eigenvalue weighted by Gasteiger charge is -2.36. The third kappa shape index (κ3) is 3.90. The lowest BCUT2D eigenvalue weighted by molar-refractivity contribution is -0.925. The highest BCUT2D eigenvalue weighted by atomic mass is 32.2. The number of thiocarbonyl (C=S) groups is 1. The van der Waals surface area contributed by atoms with E-state index < -0.39 is 9.84 Å². The van der Waals surface area contributed by atoms with Gasteiger partial charge in [-0.25, -0.2) is 8.42 Å². The Bertz CT molecular complexity index is 442. The van der Waals surface area contributed by atoms with Crippen LogP contribution in [0.25, 0.3) is 0 Å². The third-order valence-electron chi connectivity index (χ3n) is 3.90. The number of quaternary nitrogens is 1. The quantitative estimate of drug-likeness (QED) is 0.488. The van der Waals surface area contributed by atoms with Crippen molar-refractivity contribution >= 4 is 27.2 Å². The van der Waals surface area contributed by atoms with Gasteiger partial charge in [0.05, 0.1) is 31.9 Å². The molecule has 0 spiro atoms. The summed E-state index contributed by atoms with van der Waals surface area (Å²) in [6, 6.07) is 0.293. The summed E-state index contributed by atoms with van der Waals surface area (Å²) in [4.78, 5) is 3.58. The Morgan fingerprint density at radius 2 is 2.16 bits per heavy atom. The highest BCUT2D eigenvalue weighted by Crippen LogP contribution is 2.09. The molecule has 0 saturated carbocycles. The molecule has 1 atom stereocenters. The van der Waals surface area contributed by atoms with Crippen LogP contribution in [0.1, 0.15) is 6.42 Å². The van der Waals surface area contributed by atoms with E-state index in [1.807, 2.05) is 0 Å². The lowest BCUT2D eigenvalue weighted by Crippen LogP contribution is -3.18. The van der Waals surface area contributed by atoms with Gasteiger partial charge in [0.15, 0.2) is 14.9 Å². The van der Waals surface area contributed by atoms with Crippen LogP contribution in [-0.4, -0.2) is 68.7 Å². The molecular weight excluding hydrogens is 282 g/mol. The van der Waals surface area contributed by atoms with E-state index in [1.54, 1.807) is 6.08 Å². The van der Waals surface area contributed by atoms with E-state index in [0.29, 0.717) is 24.1 Å². The van der Waals surface area contributed by atoms with Gasteiger partial charge in [-0.05, 0) is 12.2 Å². The van der Waals surface area contributed by atoms with E-state index in [4.69, 9.17) is 12.2 Å². The molecule has 2 N–H and O–H groups in total. The molecule has 19 heavy (non-hydrogen) atoms. The fourth-order valence-electron chi connectivity index (χ4n) is 2.79. The highest BCUT2D eigenvalue weighted by molar-refractivity contribution is 7.91. The van der Waals surface area contributed by atoms with Crippen molar-refractivity contribution in [3.63, 3.8) is 0 Å². The van der Waals surface area contributed by atoms with Crippen LogP contribution >= 0.6 is 12.2 Å². The van der Waals surface area contributed by atoms with Crippen molar-refractivity contribution in [1.82, 2.24) is 10.2 Å². The van der Waals surface area contributed by atoms with E-state index in [2.05, 4.69) is 16.8 Å². The molecule has 2 aliphatic heterocycles. The van der Waals surface area contributed by atoms with Gasteiger partial charge in [-0.15, -0.1) is 6.58 Å². The van der Waals surface area contributed by atoms with Crippen LogP contribution in [-0.2, 0) is 9.84 Å². The second-order valence-electron chi connectivity index (χ2n) is 5.22. The second-order valence-corrected chi connectivity index (χ2v) is 7.84. The monoisotopic (exact) mass is 304 g/mol. The Labute approximate surface area is 120 Å². The van der Waals surface area contributed by atoms with Gasteiger partial charge in [-0.3, -0.25) is 0 Å². The summed E-state index contributed by atoms with van der Waals surface area (Å²) in [6.07, 6.45) is 2.61. The molecule has 2 saturated heterocycles. The zero-order valence-corrected chi connectivity index (χ0v) is 12.7. The molecule has 0 aromatic carbocycles. The number of hydrogen-bond acceptors (Lipinski definition) is 3. The number of rotatable bonds is 3. The SMILES string of the molecule is C=CCNC(=S)N1CC[NH+]([C@@H]2CCS(=O)(=O)C2)CC1. The average molecular weight is 304 g/mol. The molecule has 2 rings (SSSR count). The van der Waals surface area contributed by atoms with Crippen molar-refractivity contribution in [2.45, 2.75) is 12.5 Å². The summed E-state index contributed by atoms with van der Waals surface area (Å²) < 4.78 is 23.0. The van der Waals surface area contributed by atoms with Crippen molar-refractivity contribution in [2.75, 3.05) is 44.2 Å². The van der Waals surface area contributed by atoms with Gasteiger partial charge < -0.3 is 15.1 Å². The Morgan fingerprint density at radius 1 is 1.47 bits per heavy atom. The number of nitrogens with zero attached hydrogens (tertiary/aromatic N) is 1. The molecule has 2 aliphatic rings. The van der Waals surface area contributed by atoms with Crippen LogP contribution in [0.4, 0.5) is 0 Å². The molecule has 0 aromatic heterocycles. The minimum atomic E-state index is -2.77. The van der Waals surface area contributed by atoms with E-state index in [1.165, 1.54) is 4.90 Å². The zero-order chi connectivity index (χ0) is 13.9. The number of piperazine rings is 1. The second kappa shape index (κ2) is 6.19. The molecular formula is C12H22N3O2S2+. The Balaban J connectivity index is 1.79. The first-order valence-electron chi connectivity index (χ1n) is 6.70. The van der Waals surface area contributed by atoms with Crippen molar-refractivity contribution in [1.29, 1.82) is 0 Å². The van der Waals surface area contributed by atoms with E-state index in [0.717, 1.165) is 37.7 Å². The Hall–Kier alpha value is -0.660. The van der Waals surface area contributed by atoms with Crippen LogP contribution in [0, 0.1) is 0 Å². The molecule has 0 radical (unpaired) electrons. The molecule has 0 bridgehead atoms. The van der Waals surface area contributed by atoms with E-state index in [-0.39, 0.29) is 0 Å². The maximum absolute atomic E-state index is 11.5. The average Bonchev–Trinajstić information content (AvgIpc) is 2.76. The first kappa shape index (κ1) is 14.7. The highest BCUT2D eigenvalue weighted by Gasteiger charge is 2.36. The van der Waals surface area contributed by atoms with Gasteiger partial charge in [-0.2, -0.15) is 0 Å². The lowest BCUT2D eigenvalue weighted by atomic mass is 10.2. The summed E-state index contributed by atoms with van der Waals surface area (Å²) in [5.41, 5.74) is 0. The zero-order valence-electron chi connectivity index (χ0n) is 11.1. The van der Waals surface area contributed by atoms with Crippen molar-refractivity contribution < 1.29 is 13.3 Å². The van der Waals surface area contributed by atoms with Crippen LogP contribution in [0.3, 0.4) is 0 Å². The molecule has 2 heterocycles. The maximum atomic E-state index is 11.5. The first-order chi connectivity index (χ1) is 9.02. The molecule has 0 amide bonds. The number of nitrogens with one attached hydrogen (secondary N) is 2. The van der Waals surface area contributed by atoms with Gasteiger partial charge in [-0.1, -0.05) is 6.08 Å².